The van der Waals surface area contributed by atoms with E-state index in [0.29, 0.717) is 17.4 Å². The first-order chi connectivity index (χ1) is 25.8. The molecule has 0 aliphatic heterocycles. The molecule has 2 aliphatic carbocycles. The molecule has 53 heavy (non-hydrogen) atoms. The number of ketones is 1. The minimum atomic E-state index is -0.347. The Morgan fingerprint density at radius 3 is 2.36 bits per heavy atom. The van der Waals surface area contributed by atoms with Crippen LogP contribution in [0.2, 0.25) is 4.94 Å². The number of aromatic nitrogens is 8. The molecule has 6 aromatic rings. The number of pyridine rings is 2. The minimum absolute atomic E-state index is 0.152. The molecule has 0 amide bonds. The first-order valence-corrected chi connectivity index (χ1v) is 24.1. The fourth-order valence-electron chi connectivity index (χ4n) is 6.07. The van der Waals surface area contributed by atoms with Crippen LogP contribution in [0.4, 0.5) is 0 Å². The summed E-state index contributed by atoms with van der Waals surface area (Å²) in [7, 11) is 3.18. The van der Waals surface area contributed by atoms with Gasteiger partial charge in [-0.05, 0) is 64.8 Å². The van der Waals surface area contributed by atoms with E-state index in [9.17, 15) is 9.59 Å². The summed E-state index contributed by atoms with van der Waals surface area (Å²) in [6.45, 7) is 0.624. The third kappa shape index (κ3) is 8.29. The van der Waals surface area contributed by atoms with Crippen molar-refractivity contribution in [2.24, 2.45) is 5.92 Å². The van der Waals surface area contributed by atoms with Gasteiger partial charge in [0, 0.05) is 59.1 Å². The molecule has 2 unspecified atom stereocenters. The molecule has 0 aromatic carbocycles. The number of hydrogen-bond donors (Lipinski definition) is 0. The van der Waals surface area contributed by atoms with Gasteiger partial charge in [-0.25, -0.2) is 24.1 Å². The number of halogens is 1. The predicted molar refractivity (Wildman–Crippen MR) is 219 cm³/mol. The van der Waals surface area contributed by atoms with Gasteiger partial charge >= 0.3 is 80.9 Å². The van der Waals surface area contributed by atoms with Crippen LogP contribution in [0.3, 0.4) is 0 Å². The van der Waals surface area contributed by atoms with E-state index in [1.165, 1.54) is 20.0 Å². The predicted octanol–water partition coefficient (Wildman–Crippen LogP) is 5.73. The van der Waals surface area contributed by atoms with Crippen LogP contribution in [0.5, 0.6) is 0 Å². The monoisotopic (exact) mass is 966 g/mol. The Bertz CT molecular complexity index is 2380. The summed E-state index contributed by atoms with van der Waals surface area (Å²) >= 11 is 5.03. The van der Waals surface area contributed by atoms with Crippen molar-refractivity contribution in [2.45, 2.75) is 27.9 Å². The Morgan fingerprint density at radius 2 is 1.62 bits per heavy atom. The zero-order valence-corrected chi connectivity index (χ0v) is 36.2. The normalized spacial score (nSPS) is 15.8. The van der Waals surface area contributed by atoms with Crippen LogP contribution >= 0.6 is 46.1 Å². The van der Waals surface area contributed by atoms with Crippen molar-refractivity contribution in [2.75, 3.05) is 33.3 Å². The molecule has 0 fully saturated rings. The third-order valence-corrected chi connectivity index (χ3v) is 13.0. The van der Waals surface area contributed by atoms with Crippen molar-refractivity contribution in [1.82, 2.24) is 38.9 Å². The van der Waals surface area contributed by atoms with E-state index in [2.05, 4.69) is 63.5 Å². The average molecular weight is 965 g/mol. The number of carbonyl (C=O) groups is 1. The first-order valence-electron chi connectivity index (χ1n) is 16.3. The Morgan fingerprint density at radius 1 is 0.887 bits per heavy atom. The number of Topliss-reactive ketones (excluding diaryl/α,β-unsaturated/α-hetero) is 1. The zero-order chi connectivity index (χ0) is 37.5. The summed E-state index contributed by atoms with van der Waals surface area (Å²) < 4.78 is 15.7. The molecular weight excluding hydrogens is 930 g/mol. The Hall–Kier alpha value is -3.49. The molecule has 270 valence electrons. The van der Waals surface area contributed by atoms with Gasteiger partial charge in [-0.2, -0.15) is 0 Å². The van der Waals surface area contributed by atoms with Gasteiger partial charge in [-0.15, -0.1) is 0 Å². The summed E-state index contributed by atoms with van der Waals surface area (Å²) in [6, 6.07) is 13.5. The van der Waals surface area contributed by atoms with Gasteiger partial charge in [0.25, 0.3) is 0 Å². The van der Waals surface area contributed by atoms with Crippen LogP contribution in [-0.4, -0.2) is 99.1 Å². The number of fused-ring (bicyclic) bond motifs is 6. The van der Waals surface area contributed by atoms with E-state index in [1.54, 1.807) is 55.2 Å². The molecule has 6 heterocycles. The summed E-state index contributed by atoms with van der Waals surface area (Å²) in [6.07, 6.45) is 16.7. The van der Waals surface area contributed by atoms with Crippen LogP contribution < -0.4 is 9.40 Å². The van der Waals surface area contributed by atoms with E-state index in [4.69, 9.17) is 9.47 Å². The molecule has 2 radical (unpaired) electrons. The van der Waals surface area contributed by atoms with Gasteiger partial charge in [0.1, 0.15) is 12.4 Å². The summed E-state index contributed by atoms with van der Waals surface area (Å²) in [5, 5.41) is 2.46. The van der Waals surface area contributed by atoms with Gasteiger partial charge in [0.05, 0.1) is 35.3 Å². The van der Waals surface area contributed by atoms with Crippen molar-refractivity contribution in [3.05, 3.63) is 113 Å². The number of nitrogens with zero attached hydrogens (tertiary/aromatic N) is 8. The number of carbonyl (C=O) groups excluding carboxylic acids is 1. The molecular formula is C37H35IN8O4S2Sn. The van der Waals surface area contributed by atoms with Crippen LogP contribution in [0, 0.1) is 5.92 Å². The fourth-order valence-corrected chi connectivity index (χ4v) is 9.27. The van der Waals surface area contributed by atoms with Crippen molar-refractivity contribution in [1.29, 1.82) is 0 Å². The van der Waals surface area contributed by atoms with Crippen LogP contribution in [0.15, 0.2) is 106 Å². The quantitative estimate of drug-likeness (QED) is 0.0797. The van der Waals surface area contributed by atoms with Crippen molar-refractivity contribution < 1.29 is 14.3 Å². The number of hydrogen-bond acceptors (Lipinski definition) is 12. The SMILES string of the molecule is COCC1C=CC2=C(I)c3cccnc3C2C1=O.COCn1ccc2c(-c3ccnc(SC)n3)c3cccnc3n2c1=O.CSc1ncc[c]([Sn][CH3])n1. The van der Waals surface area contributed by atoms with E-state index in [0.717, 1.165) is 47.7 Å². The number of thioether (sulfide) groups is 2. The Balaban J connectivity index is 0.000000149. The summed E-state index contributed by atoms with van der Waals surface area (Å²) in [5.41, 5.74) is 5.88. The molecule has 0 N–H and O–H groups in total. The molecule has 2 atom stereocenters. The van der Waals surface area contributed by atoms with Crippen LogP contribution in [0.1, 0.15) is 17.2 Å². The number of methoxy groups -OCH3 is 2. The van der Waals surface area contributed by atoms with Crippen molar-refractivity contribution in [3.63, 3.8) is 0 Å². The molecule has 0 saturated carbocycles. The van der Waals surface area contributed by atoms with E-state index < -0.39 is 0 Å². The second kappa shape index (κ2) is 18.2. The maximum atomic E-state index is 12.9. The van der Waals surface area contributed by atoms with Crippen molar-refractivity contribution >= 4 is 96.9 Å². The van der Waals surface area contributed by atoms with Gasteiger partial charge in [0.15, 0.2) is 10.9 Å². The molecule has 8 rings (SSSR count). The number of rotatable bonds is 8. The Kier molecular flexibility index (Phi) is 13.5. The summed E-state index contributed by atoms with van der Waals surface area (Å²) in [5.74, 6) is -0.153. The van der Waals surface area contributed by atoms with Gasteiger partial charge in [-0.1, -0.05) is 30.0 Å². The second-order valence-corrected chi connectivity index (χ2v) is 17.0. The molecule has 2 aliphatic rings. The third-order valence-electron chi connectivity index (χ3n) is 8.44. The van der Waals surface area contributed by atoms with Crippen LogP contribution in [0.25, 0.3) is 31.4 Å². The van der Waals surface area contributed by atoms with E-state index in [-0.39, 0.29) is 51.2 Å². The van der Waals surface area contributed by atoms with E-state index in [1.807, 2.05) is 67.2 Å². The van der Waals surface area contributed by atoms with E-state index >= 15 is 0 Å². The molecule has 0 saturated heterocycles. The summed E-state index contributed by atoms with van der Waals surface area (Å²) in [4.78, 5) is 53.7. The maximum absolute atomic E-state index is 12.9. The number of ether oxygens (including phenoxy) is 2. The zero-order valence-electron chi connectivity index (χ0n) is 29.6. The van der Waals surface area contributed by atoms with Crippen molar-refractivity contribution in [3.8, 4) is 11.3 Å². The molecule has 0 spiro atoms. The second-order valence-electron chi connectivity index (χ2n) is 11.5. The standard InChI is InChI=1S/C17H15N5O2S.C14H12INO2.C5H5N2S.CH3.Sn/c1-24-10-21-9-6-13-14(12-5-8-19-16(20-12)25-2)11-4-3-7-18-15(11)22(13)17(21)23;1-18-7-8-4-5-9-11(14(8)17)13-10(12(9)15)3-2-6-16-13;1-8-5-6-3-2-4-7-5;;/h3-9H,10H2,1-2H3;2-6,8,11H,7H2,1H3;2-3H,1H3;1H3;. The number of allylic oxidation sites excluding steroid dienone is 2. The molecule has 16 heteroatoms. The Labute approximate surface area is 338 Å². The fraction of sp³-hybridized carbons (Fsp3) is 0.243. The molecule has 6 aromatic heterocycles. The van der Waals surface area contributed by atoms with Gasteiger partial charge < -0.3 is 9.47 Å². The average Bonchev–Trinajstić information content (AvgIpc) is 3.70. The first kappa shape index (κ1) is 39.2. The molecule has 0 bridgehead atoms. The molecule has 12 nitrogen and oxygen atoms in total. The van der Waals surface area contributed by atoms with Crippen LogP contribution in [-0.2, 0) is 21.0 Å². The van der Waals surface area contributed by atoms with Gasteiger partial charge in [-0.3, -0.25) is 14.3 Å². The van der Waals surface area contributed by atoms with Gasteiger partial charge in [0.2, 0.25) is 0 Å². The topological polar surface area (TPSA) is 139 Å².